The molecule has 1 N–H and O–H groups in total. The van der Waals surface area contributed by atoms with Crippen LogP contribution in [0.25, 0.3) is 0 Å². The lowest BCUT2D eigenvalue weighted by atomic mass is 10.3. The zero-order chi connectivity index (χ0) is 8.27. The second kappa shape index (κ2) is 2.96. The van der Waals surface area contributed by atoms with Gasteiger partial charge in [-0.15, -0.1) is 0 Å². The van der Waals surface area contributed by atoms with E-state index in [1.165, 1.54) is 6.20 Å². The highest BCUT2D eigenvalue weighted by Gasteiger charge is 2.01. The molecule has 0 saturated heterocycles. The van der Waals surface area contributed by atoms with Crippen molar-refractivity contribution < 1.29 is 5.03 Å². The Morgan fingerprint density at radius 2 is 2.45 bits per heavy atom. The molecule has 0 amide bonds. The Morgan fingerprint density at radius 3 is 3.00 bits per heavy atom. The first-order valence-corrected chi connectivity index (χ1v) is 3.03. The smallest absolute Gasteiger partial charge is 0.193 e. The van der Waals surface area contributed by atoms with Crippen LogP contribution >= 0.6 is 0 Å². The molecule has 1 rings (SSSR count). The van der Waals surface area contributed by atoms with Crippen LogP contribution in [0.3, 0.4) is 0 Å². The fraction of sp³-hybridized carbons (Fsp3) is 0.167. The number of nitro groups is 1. The summed E-state index contributed by atoms with van der Waals surface area (Å²) in [5.41, 5.74) is 2.74. The van der Waals surface area contributed by atoms with Crippen LogP contribution in [0, 0.1) is 17.0 Å². The Hall–Kier alpha value is -1.65. The van der Waals surface area contributed by atoms with E-state index in [9.17, 15) is 10.1 Å². The van der Waals surface area contributed by atoms with E-state index in [0.29, 0.717) is 0 Å². The van der Waals surface area contributed by atoms with E-state index in [4.69, 9.17) is 0 Å². The van der Waals surface area contributed by atoms with Crippen LogP contribution in [0.2, 0.25) is 0 Å². The van der Waals surface area contributed by atoms with Gasteiger partial charge in [-0.3, -0.25) is 0 Å². The molecule has 0 fully saturated rings. The van der Waals surface area contributed by atoms with Crippen LogP contribution in [-0.2, 0) is 0 Å². The molecular weight excluding hydrogens is 146 g/mol. The number of hydrogen-bond donors (Lipinski definition) is 1. The Labute approximate surface area is 63.2 Å². The summed E-state index contributed by atoms with van der Waals surface area (Å²) in [5, 5.41) is 9.35. The van der Waals surface area contributed by atoms with Gasteiger partial charge < -0.3 is 0 Å². The number of aryl methyl sites for hydroxylation is 1. The average Bonchev–Trinajstić information content (AvgIpc) is 1.93. The highest BCUT2D eigenvalue weighted by molar-refractivity contribution is 5.39. The lowest BCUT2D eigenvalue weighted by molar-refractivity contribution is -0.445. The number of pyridine rings is 1. The van der Waals surface area contributed by atoms with Crippen LogP contribution in [-0.4, -0.2) is 10.0 Å². The maximum absolute atomic E-state index is 9.98. The lowest BCUT2D eigenvalue weighted by Gasteiger charge is -1.97. The molecule has 1 aromatic heterocycles. The van der Waals surface area contributed by atoms with E-state index in [0.717, 1.165) is 5.56 Å². The zero-order valence-corrected chi connectivity index (χ0v) is 5.94. The molecule has 0 atom stereocenters. The van der Waals surface area contributed by atoms with Crippen molar-refractivity contribution in [3.63, 3.8) is 0 Å². The van der Waals surface area contributed by atoms with Crippen molar-refractivity contribution in [3.05, 3.63) is 34.0 Å². The third-order valence-corrected chi connectivity index (χ3v) is 1.21. The molecule has 0 radical (unpaired) electrons. The zero-order valence-electron chi connectivity index (χ0n) is 5.94. The Balaban J connectivity index is 2.86. The second-order valence-electron chi connectivity index (χ2n) is 2.04. The van der Waals surface area contributed by atoms with Gasteiger partial charge in [0.15, 0.2) is 10.9 Å². The van der Waals surface area contributed by atoms with Crippen molar-refractivity contribution >= 4 is 5.82 Å². The topological polar surface area (TPSA) is 68.1 Å². The summed E-state index contributed by atoms with van der Waals surface area (Å²) in [6, 6.07) is 3.47. The minimum atomic E-state index is -0.630. The number of hydrogen-bond acceptors (Lipinski definition) is 3. The predicted octanol–water partition coefficient (Wildman–Crippen LogP) is 0.994. The summed E-state index contributed by atoms with van der Waals surface area (Å²) < 4.78 is 0. The fourth-order valence-electron chi connectivity index (χ4n) is 0.689. The van der Waals surface area contributed by atoms with Crippen molar-refractivity contribution in [2.24, 2.45) is 0 Å². The lowest BCUT2D eigenvalue weighted by Crippen LogP contribution is -2.10. The highest BCUT2D eigenvalue weighted by atomic mass is 16.7. The molecule has 5 heteroatoms. The molecule has 11 heavy (non-hydrogen) atoms. The van der Waals surface area contributed by atoms with Gasteiger partial charge in [-0.2, -0.15) is 0 Å². The molecule has 0 spiro atoms. The minimum absolute atomic E-state index is 0.289. The first-order valence-electron chi connectivity index (χ1n) is 3.03. The number of aromatic nitrogens is 1. The van der Waals surface area contributed by atoms with Gasteiger partial charge in [0, 0.05) is 6.20 Å². The summed E-state index contributed by atoms with van der Waals surface area (Å²) in [4.78, 5) is 13.7. The van der Waals surface area contributed by atoms with Gasteiger partial charge in [0.2, 0.25) is 0 Å². The standard InChI is InChI=1S/C6H7N3O2/c1-5-3-2-4-7-6(5)8-9(10)11/h2-4H,1H3,(H,7,8). The summed E-state index contributed by atoms with van der Waals surface area (Å²) in [7, 11) is 0. The van der Waals surface area contributed by atoms with Crippen LogP contribution in [0.1, 0.15) is 5.56 Å². The van der Waals surface area contributed by atoms with Crippen LogP contribution in [0.5, 0.6) is 0 Å². The summed E-state index contributed by atoms with van der Waals surface area (Å²) in [5.74, 6) is 0.289. The maximum atomic E-state index is 9.98. The molecule has 0 saturated carbocycles. The largest absolute Gasteiger partial charge is 0.234 e. The average molecular weight is 153 g/mol. The molecule has 0 aliphatic carbocycles. The van der Waals surface area contributed by atoms with Gasteiger partial charge in [0.1, 0.15) is 0 Å². The SMILES string of the molecule is Cc1cccnc1N[N+](=O)[O-]. The minimum Gasteiger partial charge on any atom is -0.234 e. The quantitative estimate of drug-likeness (QED) is 0.508. The van der Waals surface area contributed by atoms with Crippen molar-refractivity contribution in [2.45, 2.75) is 6.92 Å². The summed E-state index contributed by atoms with van der Waals surface area (Å²) in [6.45, 7) is 1.75. The predicted molar refractivity (Wildman–Crippen MR) is 39.6 cm³/mol. The van der Waals surface area contributed by atoms with E-state index in [1.807, 2.05) is 5.43 Å². The van der Waals surface area contributed by atoms with Crippen molar-refractivity contribution in [3.8, 4) is 0 Å². The van der Waals surface area contributed by atoms with Crippen molar-refractivity contribution in [1.82, 2.24) is 4.98 Å². The number of nitrogens with one attached hydrogen (secondary N) is 1. The molecule has 0 aliphatic heterocycles. The number of hydrazine groups is 1. The first-order chi connectivity index (χ1) is 5.20. The number of anilines is 1. The van der Waals surface area contributed by atoms with E-state index in [1.54, 1.807) is 19.1 Å². The molecule has 0 aromatic carbocycles. The fourth-order valence-corrected chi connectivity index (χ4v) is 0.689. The van der Waals surface area contributed by atoms with Gasteiger partial charge in [-0.1, -0.05) is 11.5 Å². The Kier molecular flexibility index (Phi) is 2.00. The molecule has 0 bridgehead atoms. The molecule has 58 valence electrons. The third kappa shape index (κ3) is 1.89. The monoisotopic (exact) mass is 153 g/mol. The Morgan fingerprint density at radius 1 is 1.73 bits per heavy atom. The molecule has 0 aliphatic rings. The Bertz CT molecular complexity index is 274. The maximum Gasteiger partial charge on any atom is 0.193 e. The first kappa shape index (κ1) is 7.46. The van der Waals surface area contributed by atoms with E-state index < -0.39 is 5.03 Å². The van der Waals surface area contributed by atoms with Crippen LogP contribution in [0.4, 0.5) is 5.82 Å². The molecular formula is C6H7N3O2. The van der Waals surface area contributed by atoms with E-state index in [-0.39, 0.29) is 5.82 Å². The van der Waals surface area contributed by atoms with Gasteiger partial charge in [-0.25, -0.2) is 15.1 Å². The van der Waals surface area contributed by atoms with Gasteiger partial charge in [0.05, 0.1) is 0 Å². The van der Waals surface area contributed by atoms with Gasteiger partial charge in [0.25, 0.3) is 0 Å². The van der Waals surface area contributed by atoms with Crippen LogP contribution < -0.4 is 5.43 Å². The number of nitrogens with zero attached hydrogens (tertiary/aromatic N) is 2. The van der Waals surface area contributed by atoms with Gasteiger partial charge >= 0.3 is 0 Å². The van der Waals surface area contributed by atoms with E-state index >= 15 is 0 Å². The molecule has 5 nitrogen and oxygen atoms in total. The van der Waals surface area contributed by atoms with E-state index in [2.05, 4.69) is 4.98 Å². The summed E-state index contributed by atoms with van der Waals surface area (Å²) >= 11 is 0. The molecule has 0 unspecified atom stereocenters. The van der Waals surface area contributed by atoms with Crippen molar-refractivity contribution in [1.29, 1.82) is 0 Å². The second-order valence-corrected chi connectivity index (χ2v) is 2.04. The third-order valence-electron chi connectivity index (χ3n) is 1.21. The normalized spacial score (nSPS) is 9.18. The number of rotatable bonds is 2. The van der Waals surface area contributed by atoms with Crippen molar-refractivity contribution in [2.75, 3.05) is 5.43 Å². The van der Waals surface area contributed by atoms with Gasteiger partial charge in [-0.05, 0) is 18.6 Å². The van der Waals surface area contributed by atoms with Crippen LogP contribution in [0.15, 0.2) is 18.3 Å². The molecule has 1 heterocycles. The molecule has 1 aromatic rings. The summed E-state index contributed by atoms with van der Waals surface area (Å²) in [6.07, 6.45) is 1.50. The highest BCUT2D eigenvalue weighted by Crippen LogP contribution is 2.07.